The second-order valence-corrected chi connectivity index (χ2v) is 6.04. The third-order valence-corrected chi connectivity index (χ3v) is 4.26. The summed E-state index contributed by atoms with van der Waals surface area (Å²) in [5, 5.41) is 7.46. The molecule has 0 saturated carbocycles. The van der Waals surface area contributed by atoms with Crippen molar-refractivity contribution in [2.45, 2.75) is 6.92 Å². The number of amides is 1. The summed E-state index contributed by atoms with van der Waals surface area (Å²) in [6, 6.07) is 13.3. The summed E-state index contributed by atoms with van der Waals surface area (Å²) in [6.45, 7) is 1.85. The Morgan fingerprint density at radius 1 is 1.04 bits per heavy atom. The van der Waals surface area contributed by atoms with Gasteiger partial charge in [0.05, 0.1) is 23.1 Å². The van der Waals surface area contributed by atoms with Crippen LogP contribution < -0.4 is 5.32 Å². The lowest BCUT2D eigenvalue weighted by molar-refractivity contribution is 0.0996. The number of ketones is 1. The minimum atomic E-state index is -0.353. The summed E-state index contributed by atoms with van der Waals surface area (Å²) in [7, 11) is 1.79. The normalized spacial score (nSPS) is 10.5. The first-order valence-corrected chi connectivity index (χ1v) is 8.04. The number of nitrogens with zero attached hydrogens (tertiary/aromatic N) is 2. The number of halogens is 1. The van der Waals surface area contributed by atoms with E-state index in [0.29, 0.717) is 27.4 Å². The quantitative estimate of drug-likeness (QED) is 0.724. The summed E-state index contributed by atoms with van der Waals surface area (Å²) in [4.78, 5) is 25.4. The Morgan fingerprint density at radius 3 is 2.28 bits per heavy atom. The Labute approximate surface area is 150 Å². The highest BCUT2D eigenvalue weighted by Gasteiger charge is 2.19. The molecule has 0 aliphatic heterocycles. The molecule has 0 atom stereocenters. The molecule has 1 heterocycles. The van der Waals surface area contributed by atoms with Crippen LogP contribution in [0.2, 0.25) is 5.02 Å². The Kier molecular flexibility index (Phi) is 4.67. The van der Waals surface area contributed by atoms with Crippen LogP contribution in [0.25, 0.3) is 0 Å². The summed E-state index contributed by atoms with van der Waals surface area (Å²) in [6.07, 6.45) is 1.58. The molecule has 0 saturated heterocycles. The van der Waals surface area contributed by atoms with Gasteiger partial charge >= 0.3 is 0 Å². The predicted molar refractivity (Wildman–Crippen MR) is 97.2 cm³/mol. The van der Waals surface area contributed by atoms with E-state index in [-0.39, 0.29) is 11.7 Å². The molecule has 1 N–H and O–H groups in total. The Balaban J connectivity index is 1.92. The lowest BCUT2D eigenvalue weighted by Gasteiger charge is -2.09. The third kappa shape index (κ3) is 3.46. The molecule has 3 aromatic rings. The lowest BCUT2D eigenvalue weighted by Crippen LogP contribution is -2.17. The minimum Gasteiger partial charge on any atom is -0.319 e. The summed E-state index contributed by atoms with van der Waals surface area (Å²) >= 11 is 5.87. The third-order valence-electron chi connectivity index (χ3n) is 4.01. The molecular formula is C19H16ClN3O2. The highest BCUT2D eigenvalue weighted by Crippen LogP contribution is 2.19. The number of benzene rings is 2. The molecule has 0 fully saturated rings. The fraction of sp³-hybridized carbons (Fsp3) is 0.105. The van der Waals surface area contributed by atoms with E-state index in [9.17, 15) is 9.59 Å². The largest absolute Gasteiger partial charge is 0.319 e. The molecule has 3 rings (SSSR count). The van der Waals surface area contributed by atoms with E-state index in [1.165, 1.54) is 0 Å². The van der Waals surface area contributed by atoms with Crippen molar-refractivity contribution in [3.63, 3.8) is 0 Å². The molecule has 0 unspecified atom stereocenters. The van der Waals surface area contributed by atoms with Gasteiger partial charge in [0, 0.05) is 23.2 Å². The number of aromatic nitrogens is 2. The van der Waals surface area contributed by atoms with E-state index in [1.807, 2.05) is 6.92 Å². The van der Waals surface area contributed by atoms with E-state index in [2.05, 4.69) is 10.4 Å². The fourth-order valence-electron chi connectivity index (χ4n) is 2.45. The zero-order chi connectivity index (χ0) is 18.0. The number of hydrogen-bond acceptors (Lipinski definition) is 3. The van der Waals surface area contributed by atoms with E-state index >= 15 is 0 Å². The average molecular weight is 354 g/mol. The zero-order valence-electron chi connectivity index (χ0n) is 13.8. The van der Waals surface area contributed by atoms with Crippen LogP contribution in [0.15, 0.2) is 54.7 Å². The first kappa shape index (κ1) is 16.9. The highest BCUT2D eigenvalue weighted by atomic mass is 35.5. The van der Waals surface area contributed by atoms with Crippen LogP contribution >= 0.6 is 11.6 Å². The molecule has 0 aliphatic carbocycles. The molecule has 1 aromatic heterocycles. The van der Waals surface area contributed by atoms with Crippen LogP contribution in [-0.2, 0) is 7.05 Å². The van der Waals surface area contributed by atoms with Crippen molar-refractivity contribution in [1.29, 1.82) is 0 Å². The van der Waals surface area contributed by atoms with Gasteiger partial charge in [-0.1, -0.05) is 29.8 Å². The van der Waals surface area contributed by atoms with Gasteiger partial charge in [-0.05, 0) is 37.3 Å². The molecule has 0 bridgehead atoms. The fourth-order valence-corrected chi connectivity index (χ4v) is 2.57. The van der Waals surface area contributed by atoms with Crippen molar-refractivity contribution in [3.05, 3.63) is 82.1 Å². The van der Waals surface area contributed by atoms with Crippen molar-refractivity contribution in [1.82, 2.24) is 9.78 Å². The predicted octanol–water partition coefficient (Wildman–Crippen LogP) is 3.87. The molecule has 126 valence electrons. The van der Waals surface area contributed by atoms with Crippen molar-refractivity contribution < 1.29 is 9.59 Å². The molecule has 0 radical (unpaired) electrons. The molecular weight excluding hydrogens is 338 g/mol. The monoisotopic (exact) mass is 353 g/mol. The van der Waals surface area contributed by atoms with Crippen molar-refractivity contribution in [2.75, 3.05) is 5.32 Å². The van der Waals surface area contributed by atoms with Gasteiger partial charge in [0.1, 0.15) is 0 Å². The molecule has 25 heavy (non-hydrogen) atoms. The van der Waals surface area contributed by atoms with Gasteiger partial charge in [-0.3, -0.25) is 14.3 Å². The Bertz CT molecular complexity index is 946. The van der Waals surface area contributed by atoms with E-state index in [1.54, 1.807) is 66.5 Å². The number of carbonyl (C=O) groups excluding carboxylic acids is 2. The summed E-state index contributed by atoms with van der Waals surface area (Å²) < 4.78 is 1.67. The number of anilines is 1. The summed E-state index contributed by atoms with van der Waals surface area (Å²) in [5.74, 6) is -0.584. The van der Waals surface area contributed by atoms with E-state index in [4.69, 9.17) is 11.6 Å². The van der Waals surface area contributed by atoms with Gasteiger partial charge in [-0.15, -0.1) is 0 Å². The molecule has 0 aliphatic rings. The zero-order valence-corrected chi connectivity index (χ0v) is 14.5. The first-order chi connectivity index (χ1) is 12.0. The van der Waals surface area contributed by atoms with Crippen LogP contribution in [0.1, 0.15) is 32.0 Å². The minimum absolute atomic E-state index is 0.231. The Hall–Kier alpha value is -2.92. The number of nitrogens with one attached hydrogen (secondary N) is 1. The van der Waals surface area contributed by atoms with Crippen LogP contribution in [-0.4, -0.2) is 21.5 Å². The highest BCUT2D eigenvalue weighted by molar-refractivity contribution is 6.30. The molecule has 2 aromatic carbocycles. The van der Waals surface area contributed by atoms with Crippen LogP contribution in [0.3, 0.4) is 0 Å². The molecule has 5 nitrogen and oxygen atoms in total. The average Bonchev–Trinajstić information content (AvgIpc) is 2.94. The number of rotatable bonds is 4. The van der Waals surface area contributed by atoms with E-state index < -0.39 is 0 Å². The van der Waals surface area contributed by atoms with Gasteiger partial charge in [-0.25, -0.2) is 0 Å². The standard InChI is InChI=1S/C19H16ClN3O2/c1-12-17(11-21-23(12)2)22-19(25)16-6-4-3-5-15(16)18(24)13-7-9-14(20)10-8-13/h3-11H,1-2H3,(H,22,25). The van der Waals surface area contributed by atoms with Gasteiger partial charge < -0.3 is 5.32 Å². The topological polar surface area (TPSA) is 64.0 Å². The van der Waals surface area contributed by atoms with Crippen LogP contribution in [0.4, 0.5) is 5.69 Å². The van der Waals surface area contributed by atoms with Gasteiger partial charge in [0.2, 0.25) is 0 Å². The molecule has 0 spiro atoms. The Morgan fingerprint density at radius 2 is 1.68 bits per heavy atom. The van der Waals surface area contributed by atoms with Gasteiger partial charge in [0.25, 0.3) is 5.91 Å². The maximum Gasteiger partial charge on any atom is 0.256 e. The van der Waals surface area contributed by atoms with Crippen molar-refractivity contribution in [2.24, 2.45) is 7.05 Å². The maximum atomic E-state index is 12.8. The smallest absolute Gasteiger partial charge is 0.256 e. The van der Waals surface area contributed by atoms with Crippen molar-refractivity contribution in [3.8, 4) is 0 Å². The first-order valence-electron chi connectivity index (χ1n) is 7.66. The maximum absolute atomic E-state index is 12.8. The number of hydrogen-bond donors (Lipinski definition) is 1. The molecule has 6 heteroatoms. The SMILES string of the molecule is Cc1c(NC(=O)c2ccccc2C(=O)c2ccc(Cl)cc2)cnn1C. The summed E-state index contributed by atoms with van der Waals surface area (Å²) in [5.41, 5.74) is 2.56. The van der Waals surface area contributed by atoms with E-state index in [0.717, 1.165) is 5.69 Å². The second-order valence-electron chi connectivity index (χ2n) is 5.60. The van der Waals surface area contributed by atoms with Crippen molar-refractivity contribution >= 4 is 29.0 Å². The van der Waals surface area contributed by atoms with Crippen LogP contribution in [0, 0.1) is 6.92 Å². The number of carbonyl (C=O) groups is 2. The second kappa shape index (κ2) is 6.91. The molecule has 1 amide bonds. The van der Waals surface area contributed by atoms with Gasteiger partial charge in [-0.2, -0.15) is 5.10 Å². The van der Waals surface area contributed by atoms with Crippen LogP contribution in [0.5, 0.6) is 0 Å². The van der Waals surface area contributed by atoms with Gasteiger partial charge in [0.15, 0.2) is 5.78 Å². The number of aryl methyl sites for hydroxylation is 1. The lowest BCUT2D eigenvalue weighted by atomic mass is 9.98.